The average Bonchev–Trinajstić information content (AvgIpc) is 2.97. The van der Waals surface area contributed by atoms with Gasteiger partial charge < -0.3 is 5.32 Å². The van der Waals surface area contributed by atoms with E-state index in [4.69, 9.17) is 0 Å². The van der Waals surface area contributed by atoms with Gasteiger partial charge >= 0.3 is 0 Å². The first-order valence-electron chi connectivity index (χ1n) is 7.95. The van der Waals surface area contributed by atoms with Crippen LogP contribution in [0.4, 0.5) is 0 Å². The maximum absolute atomic E-state index is 12.4. The van der Waals surface area contributed by atoms with Gasteiger partial charge in [0.1, 0.15) is 0 Å². The van der Waals surface area contributed by atoms with E-state index >= 15 is 0 Å². The molecule has 0 aromatic carbocycles. The van der Waals surface area contributed by atoms with Crippen LogP contribution < -0.4 is 5.32 Å². The normalized spacial score (nSPS) is 47.2. The van der Waals surface area contributed by atoms with Crippen LogP contribution in [-0.2, 0) is 4.79 Å². The molecule has 6 unspecified atom stereocenters. The monoisotopic (exact) mass is 249 g/mol. The molecule has 0 aromatic heterocycles. The number of rotatable bonds is 2. The zero-order valence-corrected chi connectivity index (χ0v) is 11.8. The fraction of sp³-hybridized carbons (Fsp3) is 0.938. The van der Waals surface area contributed by atoms with E-state index in [2.05, 4.69) is 19.2 Å². The van der Waals surface area contributed by atoms with Crippen molar-refractivity contribution < 1.29 is 4.79 Å². The lowest BCUT2D eigenvalue weighted by Gasteiger charge is -2.35. The Bertz CT molecular complexity index is 327. The van der Waals surface area contributed by atoms with Gasteiger partial charge in [-0.2, -0.15) is 0 Å². The highest BCUT2D eigenvalue weighted by atomic mass is 16.2. The zero-order valence-electron chi connectivity index (χ0n) is 11.8. The van der Waals surface area contributed by atoms with Gasteiger partial charge in [-0.25, -0.2) is 0 Å². The number of fused-ring (bicyclic) bond motifs is 2. The third-order valence-corrected chi connectivity index (χ3v) is 6.11. The minimum atomic E-state index is 0.355. The van der Waals surface area contributed by atoms with Crippen molar-refractivity contribution >= 4 is 5.91 Å². The Labute approximate surface area is 111 Å². The van der Waals surface area contributed by atoms with Crippen LogP contribution in [0.5, 0.6) is 0 Å². The van der Waals surface area contributed by atoms with Gasteiger partial charge in [0.05, 0.1) is 0 Å². The predicted octanol–water partition coefficient (Wildman–Crippen LogP) is 3.36. The summed E-state index contributed by atoms with van der Waals surface area (Å²) in [5.41, 5.74) is 0. The molecular formula is C16H27NO. The van der Waals surface area contributed by atoms with Crippen molar-refractivity contribution in [2.24, 2.45) is 29.6 Å². The largest absolute Gasteiger partial charge is 0.353 e. The Morgan fingerprint density at radius 2 is 1.89 bits per heavy atom. The van der Waals surface area contributed by atoms with Crippen molar-refractivity contribution in [2.75, 3.05) is 0 Å². The van der Waals surface area contributed by atoms with E-state index in [-0.39, 0.29) is 0 Å². The van der Waals surface area contributed by atoms with Crippen molar-refractivity contribution in [2.45, 2.75) is 64.8 Å². The molecule has 102 valence electrons. The second-order valence-electron chi connectivity index (χ2n) is 7.16. The molecule has 0 radical (unpaired) electrons. The molecule has 0 spiro atoms. The maximum atomic E-state index is 12.4. The summed E-state index contributed by atoms with van der Waals surface area (Å²) in [7, 11) is 0. The van der Waals surface area contributed by atoms with Crippen LogP contribution in [0.25, 0.3) is 0 Å². The van der Waals surface area contributed by atoms with E-state index in [1.54, 1.807) is 0 Å². The second kappa shape index (κ2) is 4.86. The van der Waals surface area contributed by atoms with E-state index in [1.165, 1.54) is 44.9 Å². The molecule has 3 fully saturated rings. The number of carbonyl (C=O) groups excluding carboxylic acids is 1. The Hall–Kier alpha value is -0.530. The molecule has 18 heavy (non-hydrogen) atoms. The third kappa shape index (κ3) is 2.19. The van der Waals surface area contributed by atoms with Crippen molar-refractivity contribution in [1.29, 1.82) is 0 Å². The highest BCUT2D eigenvalue weighted by Gasteiger charge is 2.43. The molecule has 2 heteroatoms. The Morgan fingerprint density at radius 1 is 1.06 bits per heavy atom. The van der Waals surface area contributed by atoms with Gasteiger partial charge in [-0.15, -0.1) is 0 Å². The van der Waals surface area contributed by atoms with Crippen LogP contribution in [0.1, 0.15) is 58.8 Å². The Balaban J connectivity index is 1.57. The quantitative estimate of drug-likeness (QED) is 0.799. The molecule has 3 saturated carbocycles. The van der Waals surface area contributed by atoms with E-state index in [9.17, 15) is 4.79 Å². The molecular weight excluding hydrogens is 222 g/mol. The fourth-order valence-electron chi connectivity index (χ4n) is 4.64. The number of hydrogen-bond acceptors (Lipinski definition) is 1. The van der Waals surface area contributed by atoms with Crippen LogP contribution in [0.15, 0.2) is 0 Å². The van der Waals surface area contributed by atoms with Crippen molar-refractivity contribution in [1.82, 2.24) is 5.32 Å². The summed E-state index contributed by atoms with van der Waals surface area (Å²) in [5, 5.41) is 3.39. The highest BCUT2D eigenvalue weighted by molar-refractivity contribution is 5.79. The fourth-order valence-corrected chi connectivity index (χ4v) is 4.64. The summed E-state index contributed by atoms with van der Waals surface area (Å²) in [5.74, 6) is 3.74. The lowest BCUT2D eigenvalue weighted by atomic mass is 9.77. The molecule has 0 aromatic rings. The molecule has 0 aliphatic heterocycles. The smallest absolute Gasteiger partial charge is 0.223 e. The SMILES string of the molecule is CC1CCCC(NC(=O)C2CC3CCC2C3)C1C. The molecule has 2 nitrogen and oxygen atoms in total. The maximum Gasteiger partial charge on any atom is 0.223 e. The van der Waals surface area contributed by atoms with Crippen LogP contribution in [-0.4, -0.2) is 11.9 Å². The van der Waals surface area contributed by atoms with E-state index in [0.29, 0.717) is 29.7 Å². The molecule has 1 N–H and O–H groups in total. The van der Waals surface area contributed by atoms with E-state index in [1.807, 2.05) is 0 Å². The summed E-state index contributed by atoms with van der Waals surface area (Å²) in [4.78, 5) is 12.4. The van der Waals surface area contributed by atoms with Gasteiger partial charge in [-0.05, 0) is 49.4 Å². The van der Waals surface area contributed by atoms with Gasteiger partial charge in [-0.1, -0.05) is 33.1 Å². The van der Waals surface area contributed by atoms with Gasteiger partial charge in [-0.3, -0.25) is 4.79 Å². The van der Waals surface area contributed by atoms with Crippen molar-refractivity contribution in [3.05, 3.63) is 0 Å². The van der Waals surface area contributed by atoms with Crippen molar-refractivity contribution in [3.63, 3.8) is 0 Å². The minimum Gasteiger partial charge on any atom is -0.353 e. The molecule has 3 rings (SSSR count). The Kier molecular flexibility index (Phi) is 3.38. The summed E-state index contributed by atoms with van der Waals surface area (Å²) >= 11 is 0. The van der Waals surface area contributed by atoms with E-state index < -0.39 is 0 Å². The number of carbonyl (C=O) groups is 1. The summed E-state index contributed by atoms with van der Waals surface area (Å²) in [6, 6.07) is 0.445. The van der Waals surface area contributed by atoms with Crippen LogP contribution >= 0.6 is 0 Å². The van der Waals surface area contributed by atoms with E-state index in [0.717, 1.165) is 11.8 Å². The summed E-state index contributed by atoms with van der Waals surface area (Å²) in [6.07, 6.45) is 9.00. The molecule has 0 heterocycles. The molecule has 6 atom stereocenters. The number of amides is 1. The zero-order chi connectivity index (χ0) is 12.7. The number of nitrogens with one attached hydrogen (secondary N) is 1. The predicted molar refractivity (Wildman–Crippen MR) is 73.0 cm³/mol. The minimum absolute atomic E-state index is 0.355. The second-order valence-corrected chi connectivity index (χ2v) is 7.16. The summed E-state index contributed by atoms with van der Waals surface area (Å²) in [6.45, 7) is 4.65. The third-order valence-electron chi connectivity index (χ3n) is 6.11. The molecule has 3 aliphatic carbocycles. The lowest BCUT2D eigenvalue weighted by molar-refractivity contribution is -0.128. The first kappa shape index (κ1) is 12.5. The van der Waals surface area contributed by atoms with Crippen molar-refractivity contribution in [3.8, 4) is 0 Å². The average molecular weight is 249 g/mol. The molecule has 0 saturated heterocycles. The first-order valence-corrected chi connectivity index (χ1v) is 7.95. The molecule has 1 amide bonds. The highest BCUT2D eigenvalue weighted by Crippen LogP contribution is 2.48. The van der Waals surface area contributed by atoms with Gasteiger partial charge in [0, 0.05) is 12.0 Å². The van der Waals surface area contributed by atoms with Crippen LogP contribution in [0, 0.1) is 29.6 Å². The first-order chi connectivity index (χ1) is 8.65. The van der Waals surface area contributed by atoms with Crippen LogP contribution in [0.2, 0.25) is 0 Å². The van der Waals surface area contributed by atoms with Gasteiger partial charge in [0.15, 0.2) is 0 Å². The Morgan fingerprint density at radius 3 is 2.56 bits per heavy atom. The standard InChI is InChI=1S/C16H27NO/c1-10-4-3-5-15(11(10)2)17-16(18)14-9-12-6-7-13(14)8-12/h10-15H,3-9H2,1-2H3,(H,17,18). The van der Waals surface area contributed by atoms with Crippen LogP contribution in [0.3, 0.4) is 0 Å². The topological polar surface area (TPSA) is 29.1 Å². The summed E-state index contributed by atoms with van der Waals surface area (Å²) < 4.78 is 0. The number of hydrogen-bond donors (Lipinski definition) is 1. The lowest BCUT2D eigenvalue weighted by Crippen LogP contribution is -2.46. The molecule has 3 aliphatic rings. The van der Waals surface area contributed by atoms with Gasteiger partial charge in [0.25, 0.3) is 0 Å². The van der Waals surface area contributed by atoms with Gasteiger partial charge in [0.2, 0.25) is 5.91 Å². The molecule has 2 bridgehead atoms.